The fourth-order valence-corrected chi connectivity index (χ4v) is 2.94. The molecule has 1 aliphatic heterocycles. The van der Waals surface area contributed by atoms with Gasteiger partial charge in [-0.3, -0.25) is 0 Å². The largest absolute Gasteiger partial charge is 0.368 e. The summed E-state index contributed by atoms with van der Waals surface area (Å²) in [7, 11) is 0. The SMILES string of the molecule is c1ccc(C(OC[C@H]2CCCNC2)c2ccccc2)cc1. The van der Waals surface area contributed by atoms with Crippen LogP contribution in [0.25, 0.3) is 0 Å². The maximum Gasteiger partial charge on any atom is 0.108 e. The third-order valence-electron chi connectivity index (χ3n) is 4.10. The van der Waals surface area contributed by atoms with Crippen molar-refractivity contribution in [3.05, 3.63) is 71.8 Å². The average molecular weight is 281 g/mol. The van der Waals surface area contributed by atoms with Gasteiger partial charge in [-0.05, 0) is 36.4 Å². The molecular formula is C19H23NO. The monoisotopic (exact) mass is 281 g/mol. The van der Waals surface area contributed by atoms with Crippen molar-refractivity contribution >= 4 is 0 Å². The van der Waals surface area contributed by atoms with E-state index in [4.69, 9.17) is 4.74 Å². The third-order valence-corrected chi connectivity index (χ3v) is 4.10. The molecule has 1 atom stereocenters. The summed E-state index contributed by atoms with van der Waals surface area (Å²) in [5, 5.41) is 3.46. The summed E-state index contributed by atoms with van der Waals surface area (Å²) in [5.74, 6) is 0.633. The van der Waals surface area contributed by atoms with E-state index in [1.54, 1.807) is 0 Å². The Balaban J connectivity index is 1.73. The second-order valence-corrected chi connectivity index (χ2v) is 5.75. The van der Waals surface area contributed by atoms with Crippen LogP contribution in [0.5, 0.6) is 0 Å². The second kappa shape index (κ2) is 7.39. The molecule has 0 bridgehead atoms. The molecule has 0 saturated carbocycles. The molecule has 0 amide bonds. The molecular weight excluding hydrogens is 258 g/mol. The van der Waals surface area contributed by atoms with Crippen molar-refractivity contribution in [3.8, 4) is 0 Å². The highest BCUT2D eigenvalue weighted by Gasteiger charge is 2.18. The van der Waals surface area contributed by atoms with E-state index in [9.17, 15) is 0 Å². The molecule has 0 aliphatic carbocycles. The zero-order valence-electron chi connectivity index (χ0n) is 12.4. The lowest BCUT2D eigenvalue weighted by molar-refractivity contribution is 0.0455. The lowest BCUT2D eigenvalue weighted by atomic mass is 9.99. The summed E-state index contributed by atoms with van der Waals surface area (Å²) in [6.45, 7) is 3.05. The standard InChI is InChI=1S/C19H23NO/c1-3-9-17(10-4-1)19(18-11-5-2-6-12-18)21-15-16-8-7-13-20-14-16/h1-6,9-12,16,19-20H,7-8,13-15H2/t16-/m0/s1. The average Bonchev–Trinajstić information content (AvgIpc) is 2.58. The van der Waals surface area contributed by atoms with E-state index < -0.39 is 0 Å². The van der Waals surface area contributed by atoms with E-state index in [2.05, 4.69) is 66.0 Å². The smallest absolute Gasteiger partial charge is 0.108 e. The lowest BCUT2D eigenvalue weighted by Gasteiger charge is -2.26. The first-order valence-corrected chi connectivity index (χ1v) is 7.85. The fourth-order valence-electron chi connectivity index (χ4n) is 2.94. The summed E-state index contributed by atoms with van der Waals surface area (Å²) in [4.78, 5) is 0. The highest BCUT2D eigenvalue weighted by Crippen LogP contribution is 2.27. The van der Waals surface area contributed by atoms with Crippen LogP contribution < -0.4 is 5.32 Å². The number of rotatable bonds is 5. The quantitative estimate of drug-likeness (QED) is 0.900. The van der Waals surface area contributed by atoms with Gasteiger partial charge in [0, 0.05) is 6.54 Å². The van der Waals surface area contributed by atoms with Gasteiger partial charge in [0.25, 0.3) is 0 Å². The first-order chi connectivity index (χ1) is 10.4. The van der Waals surface area contributed by atoms with Gasteiger partial charge in [0.2, 0.25) is 0 Å². The van der Waals surface area contributed by atoms with Crippen molar-refractivity contribution in [2.45, 2.75) is 18.9 Å². The number of nitrogens with one attached hydrogen (secondary N) is 1. The molecule has 2 nitrogen and oxygen atoms in total. The van der Waals surface area contributed by atoms with Crippen molar-refractivity contribution in [2.75, 3.05) is 19.7 Å². The predicted molar refractivity (Wildman–Crippen MR) is 86.3 cm³/mol. The van der Waals surface area contributed by atoms with Gasteiger partial charge in [0.1, 0.15) is 6.10 Å². The van der Waals surface area contributed by atoms with Crippen LogP contribution in [0.4, 0.5) is 0 Å². The maximum atomic E-state index is 6.31. The molecule has 3 rings (SSSR count). The zero-order chi connectivity index (χ0) is 14.3. The molecule has 0 aromatic heterocycles. The van der Waals surface area contributed by atoms with Crippen LogP contribution in [0.1, 0.15) is 30.1 Å². The fraction of sp³-hybridized carbons (Fsp3) is 0.368. The molecule has 0 unspecified atom stereocenters. The van der Waals surface area contributed by atoms with Crippen molar-refractivity contribution in [1.82, 2.24) is 5.32 Å². The molecule has 1 N–H and O–H groups in total. The summed E-state index contributed by atoms with van der Waals surface area (Å²) >= 11 is 0. The van der Waals surface area contributed by atoms with Gasteiger partial charge in [-0.2, -0.15) is 0 Å². The number of benzene rings is 2. The van der Waals surface area contributed by atoms with E-state index in [1.165, 1.54) is 24.0 Å². The van der Waals surface area contributed by atoms with Crippen molar-refractivity contribution < 1.29 is 4.74 Å². The number of ether oxygens (including phenoxy) is 1. The summed E-state index contributed by atoms with van der Waals surface area (Å²) in [5.41, 5.74) is 2.46. The minimum absolute atomic E-state index is 0.0364. The van der Waals surface area contributed by atoms with Crippen molar-refractivity contribution in [2.24, 2.45) is 5.92 Å². The molecule has 110 valence electrons. The first-order valence-electron chi connectivity index (χ1n) is 7.85. The minimum Gasteiger partial charge on any atom is -0.368 e. The van der Waals surface area contributed by atoms with E-state index in [-0.39, 0.29) is 6.10 Å². The molecule has 21 heavy (non-hydrogen) atoms. The van der Waals surface area contributed by atoms with Gasteiger partial charge in [0.15, 0.2) is 0 Å². The van der Waals surface area contributed by atoms with Crippen molar-refractivity contribution in [1.29, 1.82) is 0 Å². The van der Waals surface area contributed by atoms with Gasteiger partial charge < -0.3 is 10.1 Å². The Morgan fingerprint density at radius 3 is 2.10 bits per heavy atom. The van der Waals surface area contributed by atoms with Gasteiger partial charge in [0.05, 0.1) is 6.61 Å². The molecule has 1 fully saturated rings. The van der Waals surface area contributed by atoms with Crippen LogP contribution in [0.2, 0.25) is 0 Å². The Labute approximate surface area is 127 Å². The Hall–Kier alpha value is -1.64. The maximum absolute atomic E-state index is 6.31. The molecule has 0 spiro atoms. The van der Waals surface area contributed by atoms with Crippen LogP contribution in [0.3, 0.4) is 0 Å². The zero-order valence-corrected chi connectivity index (χ0v) is 12.4. The van der Waals surface area contributed by atoms with E-state index >= 15 is 0 Å². The van der Waals surface area contributed by atoms with E-state index in [0.29, 0.717) is 5.92 Å². The van der Waals surface area contributed by atoms with Crippen LogP contribution in [0.15, 0.2) is 60.7 Å². The predicted octanol–water partition coefficient (Wildman–Crippen LogP) is 3.79. The number of hydrogen-bond acceptors (Lipinski definition) is 2. The van der Waals surface area contributed by atoms with Gasteiger partial charge in [-0.25, -0.2) is 0 Å². The second-order valence-electron chi connectivity index (χ2n) is 5.75. The third kappa shape index (κ3) is 3.93. The Bertz CT molecular complexity index is 480. The molecule has 1 aliphatic rings. The molecule has 2 aromatic rings. The molecule has 1 saturated heterocycles. The number of hydrogen-bond donors (Lipinski definition) is 1. The summed E-state index contributed by atoms with van der Waals surface area (Å²) in [6.07, 6.45) is 2.56. The molecule has 2 aromatic carbocycles. The Morgan fingerprint density at radius 1 is 0.952 bits per heavy atom. The van der Waals surface area contributed by atoms with Crippen LogP contribution in [-0.4, -0.2) is 19.7 Å². The highest BCUT2D eigenvalue weighted by molar-refractivity contribution is 5.29. The van der Waals surface area contributed by atoms with E-state index in [0.717, 1.165) is 19.7 Å². The Morgan fingerprint density at radius 2 is 1.57 bits per heavy atom. The molecule has 2 heteroatoms. The minimum atomic E-state index is 0.0364. The van der Waals surface area contributed by atoms with Crippen LogP contribution in [0, 0.1) is 5.92 Å². The highest BCUT2D eigenvalue weighted by atomic mass is 16.5. The van der Waals surface area contributed by atoms with E-state index in [1.807, 2.05) is 0 Å². The topological polar surface area (TPSA) is 21.3 Å². The van der Waals surface area contributed by atoms with Gasteiger partial charge >= 0.3 is 0 Å². The van der Waals surface area contributed by atoms with Gasteiger partial charge in [-0.15, -0.1) is 0 Å². The summed E-state index contributed by atoms with van der Waals surface area (Å²) in [6, 6.07) is 21.0. The first kappa shape index (κ1) is 14.3. The van der Waals surface area contributed by atoms with Crippen molar-refractivity contribution in [3.63, 3.8) is 0 Å². The van der Waals surface area contributed by atoms with Crippen LogP contribution >= 0.6 is 0 Å². The van der Waals surface area contributed by atoms with Gasteiger partial charge in [-0.1, -0.05) is 60.7 Å². The van der Waals surface area contributed by atoms with Crippen LogP contribution in [-0.2, 0) is 4.74 Å². The molecule has 1 heterocycles. The summed E-state index contributed by atoms with van der Waals surface area (Å²) < 4.78 is 6.31. The normalized spacial score (nSPS) is 18.8. The molecule has 0 radical (unpaired) electrons. The number of piperidine rings is 1. The lowest BCUT2D eigenvalue weighted by Crippen LogP contribution is -2.32. The Kier molecular flexibility index (Phi) is 5.03.